The van der Waals surface area contributed by atoms with Crippen molar-refractivity contribution in [3.05, 3.63) is 52.0 Å². The fourth-order valence-electron chi connectivity index (χ4n) is 4.43. The number of anilines is 1. The number of nitrogens with zero attached hydrogens (tertiary/aromatic N) is 1. The van der Waals surface area contributed by atoms with Crippen molar-refractivity contribution in [1.82, 2.24) is 15.5 Å². The minimum atomic E-state index is -0.379. The number of aromatic amines is 1. The number of benzene rings is 1. The Morgan fingerprint density at radius 3 is 2.85 bits per heavy atom. The summed E-state index contributed by atoms with van der Waals surface area (Å²) in [6.07, 6.45) is 5.90. The second-order valence-electron chi connectivity index (χ2n) is 8.40. The van der Waals surface area contributed by atoms with Crippen LogP contribution in [0.2, 0.25) is 0 Å². The highest BCUT2D eigenvalue weighted by atomic mass is 32.1. The van der Waals surface area contributed by atoms with Crippen molar-refractivity contribution in [2.75, 3.05) is 18.5 Å². The fraction of sp³-hybridized carbons (Fsp3) is 0.375. The molecule has 2 amide bonds. The molecule has 0 unspecified atom stereocenters. The van der Waals surface area contributed by atoms with Crippen LogP contribution in [0, 0.1) is 0 Å². The SMILES string of the molecule is O=C(Nc1sc2c(c1C(=O)NC[C@H]1CCCO1)CCCC2)c1cc(-c2ccccc2O)n[nH]1. The van der Waals surface area contributed by atoms with Gasteiger partial charge in [0, 0.05) is 23.6 Å². The Kier molecular flexibility index (Phi) is 6.15. The Balaban J connectivity index is 1.36. The number of para-hydroxylation sites is 1. The Hall–Kier alpha value is -3.17. The maximum Gasteiger partial charge on any atom is 0.274 e. The zero-order valence-electron chi connectivity index (χ0n) is 18.1. The van der Waals surface area contributed by atoms with Crippen LogP contribution in [-0.4, -0.2) is 46.4 Å². The molecular formula is C24H26N4O4S. The van der Waals surface area contributed by atoms with Crippen LogP contribution in [-0.2, 0) is 17.6 Å². The van der Waals surface area contributed by atoms with Gasteiger partial charge in [-0.05, 0) is 62.3 Å². The van der Waals surface area contributed by atoms with E-state index in [4.69, 9.17) is 4.74 Å². The lowest BCUT2D eigenvalue weighted by molar-refractivity contribution is 0.0858. The normalized spacial score (nSPS) is 17.5. The molecule has 8 nitrogen and oxygen atoms in total. The van der Waals surface area contributed by atoms with Gasteiger partial charge in [0.25, 0.3) is 11.8 Å². The van der Waals surface area contributed by atoms with E-state index in [0.717, 1.165) is 50.7 Å². The van der Waals surface area contributed by atoms with Gasteiger partial charge in [-0.3, -0.25) is 14.7 Å². The summed E-state index contributed by atoms with van der Waals surface area (Å²) < 4.78 is 5.62. The average molecular weight is 467 g/mol. The van der Waals surface area contributed by atoms with Crippen molar-refractivity contribution in [3.8, 4) is 17.0 Å². The number of H-pyrrole nitrogens is 1. The Morgan fingerprint density at radius 2 is 2.03 bits per heavy atom. The molecule has 9 heteroatoms. The lowest BCUT2D eigenvalue weighted by atomic mass is 9.95. The molecule has 0 saturated carbocycles. The number of aromatic hydroxyl groups is 1. The van der Waals surface area contributed by atoms with Gasteiger partial charge in [0.2, 0.25) is 0 Å². The molecule has 33 heavy (non-hydrogen) atoms. The van der Waals surface area contributed by atoms with Crippen LogP contribution in [0.1, 0.15) is 57.0 Å². The second-order valence-corrected chi connectivity index (χ2v) is 9.50. The van der Waals surface area contributed by atoms with Crippen LogP contribution in [0.4, 0.5) is 5.00 Å². The number of rotatable bonds is 6. The highest BCUT2D eigenvalue weighted by Gasteiger charge is 2.28. The van der Waals surface area contributed by atoms with Crippen molar-refractivity contribution in [2.45, 2.75) is 44.6 Å². The molecule has 0 bridgehead atoms. The van der Waals surface area contributed by atoms with E-state index in [1.807, 2.05) is 0 Å². The molecule has 3 heterocycles. The highest BCUT2D eigenvalue weighted by Crippen LogP contribution is 2.38. The summed E-state index contributed by atoms with van der Waals surface area (Å²) in [7, 11) is 0. The van der Waals surface area contributed by atoms with Gasteiger partial charge in [-0.2, -0.15) is 5.10 Å². The molecule has 1 fully saturated rings. The third-order valence-electron chi connectivity index (χ3n) is 6.14. The van der Waals surface area contributed by atoms with E-state index in [0.29, 0.717) is 28.4 Å². The molecule has 3 aromatic rings. The van der Waals surface area contributed by atoms with Crippen molar-refractivity contribution in [2.24, 2.45) is 0 Å². The topological polar surface area (TPSA) is 116 Å². The summed E-state index contributed by atoms with van der Waals surface area (Å²) in [4.78, 5) is 27.3. The second kappa shape index (κ2) is 9.36. The number of amides is 2. The Labute approximate surface area is 195 Å². The average Bonchev–Trinajstić information content (AvgIpc) is 3.57. The molecule has 1 aliphatic carbocycles. The summed E-state index contributed by atoms with van der Waals surface area (Å²) in [5.74, 6) is -0.456. The first kappa shape index (κ1) is 21.7. The maximum absolute atomic E-state index is 13.1. The van der Waals surface area contributed by atoms with Crippen LogP contribution in [0.25, 0.3) is 11.3 Å². The first-order valence-corrected chi connectivity index (χ1v) is 12.1. The first-order chi connectivity index (χ1) is 16.1. The lowest BCUT2D eigenvalue weighted by Crippen LogP contribution is -2.32. The molecule has 4 N–H and O–H groups in total. The van der Waals surface area contributed by atoms with E-state index in [1.54, 1.807) is 30.3 Å². The van der Waals surface area contributed by atoms with Gasteiger partial charge in [0.05, 0.1) is 17.4 Å². The number of aromatic nitrogens is 2. The van der Waals surface area contributed by atoms with Gasteiger partial charge in [-0.15, -0.1) is 11.3 Å². The van der Waals surface area contributed by atoms with Crippen LogP contribution >= 0.6 is 11.3 Å². The fourth-order valence-corrected chi connectivity index (χ4v) is 5.71. The van der Waals surface area contributed by atoms with Gasteiger partial charge in [0.15, 0.2) is 0 Å². The minimum Gasteiger partial charge on any atom is -0.507 e. The zero-order chi connectivity index (χ0) is 22.8. The number of carbonyl (C=O) groups is 2. The number of fused-ring (bicyclic) bond motifs is 1. The highest BCUT2D eigenvalue weighted by molar-refractivity contribution is 7.17. The minimum absolute atomic E-state index is 0.0549. The number of hydrogen-bond donors (Lipinski definition) is 4. The van der Waals surface area contributed by atoms with Crippen molar-refractivity contribution in [3.63, 3.8) is 0 Å². The third kappa shape index (κ3) is 4.51. The van der Waals surface area contributed by atoms with Gasteiger partial charge < -0.3 is 20.5 Å². The number of ether oxygens (including phenoxy) is 1. The molecule has 5 rings (SSSR count). The number of nitrogens with one attached hydrogen (secondary N) is 3. The molecule has 1 aliphatic heterocycles. The number of phenolic OH excluding ortho intramolecular Hbond substituents is 1. The molecule has 1 atom stereocenters. The molecule has 0 spiro atoms. The predicted molar refractivity (Wildman–Crippen MR) is 126 cm³/mol. The number of thiophene rings is 1. The van der Waals surface area contributed by atoms with Gasteiger partial charge in [-0.25, -0.2) is 0 Å². The molecule has 2 aliphatic rings. The smallest absolute Gasteiger partial charge is 0.274 e. The summed E-state index contributed by atoms with van der Waals surface area (Å²) >= 11 is 1.48. The number of phenols is 1. The number of aryl methyl sites for hydroxylation is 1. The maximum atomic E-state index is 13.1. The summed E-state index contributed by atoms with van der Waals surface area (Å²) in [6, 6.07) is 8.41. The molecule has 0 radical (unpaired) electrons. The summed E-state index contributed by atoms with van der Waals surface area (Å²) in [5, 5.41) is 23.5. The Morgan fingerprint density at radius 1 is 1.18 bits per heavy atom. The lowest BCUT2D eigenvalue weighted by Gasteiger charge is -2.15. The monoisotopic (exact) mass is 466 g/mol. The Bertz CT molecular complexity index is 1180. The van der Waals surface area contributed by atoms with E-state index >= 15 is 0 Å². The molecular weight excluding hydrogens is 440 g/mol. The first-order valence-electron chi connectivity index (χ1n) is 11.3. The molecule has 1 saturated heterocycles. The summed E-state index contributed by atoms with van der Waals surface area (Å²) in [5.41, 5.74) is 2.88. The molecule has 1 aromatic carbocycles. The summed E-state index contributed by atoms with van der Waals surface area (Å²) in [6.45, 7) is 1.21. The number of hydrogen-bond acceptors (Lipinski definition) is 6. The van der Waals surface area contributed by atoms with E-state index in [-0.39, 0.29) is 29.4 Å². The molecule has 172 valence electrons. The quantitative estimate of drug-likeness (QED) is 0.440. The van der Waals surface area contributed by atoms with Crippen molar-refractivity contribution >= 4 is 28.2 Å². The van der Waals surface area contributed by atoms with E-state index in [9.17, 15) is 14.7 Å². The van der Waals surface area contributed by atoms with Gasteiger partial charge in [-0.1, -0.05) is 12.1 Å². The van der Waals surface area contributed by atoms with Gasteiger partial charge >= 0.3 is 0 Å². The number of carbonyl (C=O) groups excluding carboxylic acids is 2. The standard InChI is InChI=1S/C24H26N4O4S/c29-19-9-3-1-7-15(19)17-12-18(28-27-17)22(30)26-24-21(16-8-2-4-10-20(16)33-24)23(31)25-13-14-6-5-11-32-14/h1,3,7,9,12,14,29H,2,4-6,8,10-11,13H2,(H,25,31)(H,26,30)(H,27,28)/t14-/m1/s1. The van der Waals surface area contributed by atoms with E-state index in [2.05, 4.69) is 20.8 Å². The molecule has 2 aromatic heterocycles. The zero-order valence-corrected chi connectivity index (χ0v) is 19.0. The van der Waals surface area contributed by atoms with E-state index < -0.39 is 0 Å². The van der Waals surface area contributed by atoms with Crippen LogP contribution in [0.3, 0.4) is 0 Å². The van der Waals surface area contributed by atoms with Gasteiger partial charge in [0.1, 0.15) is 16.4 Å². The largest absolute Gasteiger partial charge is 0.507 e. The van der Waals surface area contributed by atoms with Crippen LogP contribution in [0.15, 0.2) is 30.3 Å². The van der Waals surface area contributed by atoms with Crippen molar-refractivity contribution in [1.29, 1.82) is 0 Å². The van der Waals surface area contributed by atoms with Crippen LogP contribution in [0.5, 0.6) is 5.75 Å². The van der Waals surface area contributed by atoms with E-state index in [1.165, 1.54) is 16.2 Å². The third-order valence-corrected chi connectivity index (χ3v) is 7.35. The van der Waals surface area contributed by atoms with Crippen molar-refractivity contribution < 1.29 is 19.4 Å². The van der Waals surface area contributed by atoms with Crippen LogP contribution < -0.4 is 10.6 Å². The predicted octanol–water partition coefficient (Wildman–Crippen LogP) is 3.88.